The van der Waals surface area contributed by atoms with Crippen LogP contribution in [0, 0.1) is 0 Å². The minimum atomic E-state index is -0.118. The summed E-state index contributed by atoms with van der Waals surface area (Å²) in [6, 6.07) is 24.2. The average Bonchev–Trinajstić information content (AvgIpc) is 3.17. The summed E-state index contributed by atoms with van der Waals surface area (Å²) in [7, 11) is 0. The van der Waals surface area contributed by atoms with Crippen LogP contribution < -0.4 is 11.1 Å². The first kappa shape index (κ1) is 26.3. The van der Waals surface area contributed by atoms with E-state index in [2.05, 4.69) is 46.1 Å². The maximum absolute atomic E-state index is 12.7. The molecule has 0 unspecified atom stereocenters. The summed E-state index contributed by atoms with van der Waals surface area (Å²) < 4.78 is 2.06. The highest BCUT2D eigenvalue weighted by atomic mass is 35.5. The van der Waals surface area contributed by atoms with Gasteiger partial charge in [0.2, 0.25) is 5.95 Å². The van der Waals surface area contributed by atoms with Gasteiger partial charge in [0.25, 0.3) is 5.91 Å². The van der Waals surface area contributed by atoms with E-state index in [-0.39, 0.29) is 18.3 Å². The number of imidazole rings is 1. The van der Waals surface area contributed by atoms with Crippen LogP contribution in [0.1, 0.15) is 60.5 Å². The van der Waals surface area contributed by atoms with E-state index in [9.17, 15) is 4.79 Å². The lowest BCUT2D eigenvalue weighted by atomic mass is 10.1. The second kappa shape index (κ2) is 13.0. The fraction of sp³-hybridized carbons (Fsp3) is 0.310. The quantitative estimate of drug-likeness (QED) is 0.221. The number of carbonyl (C=O) groups excluding carboxylic acids is 1. The number of hydrogen-bond donors (Lipinski definition) is 2. The van der Waals surface area contributed by atoms with Crippen LogP contribution in [0.4, 0.5) is 11.6 Å². The molecule has 0 spiro atoms. The Kier molecular flexibility index (Phi) is 9.74. The number of rotatable bonds is 11. The van der Waals surface area contributed by atoms with Crippen molar-refractivity contribution in [1.82, 2.24) is 9.55 Å². The van der Waals surface area contributed by atoms with Gasteiger partial charge in [0.1, 0.15) is 0 Å². The zero-order chi connectivity index (χ0) is 23.8. The molecule has 4 aromatic rings. The highest BCUT2D eigenvalue weighted by Crippen LogP contribution is 2.23. The summed E-state index contributed by atoms with van der Waals surface area (Å²) in [6.45, 7) is 3.03. The zero-order valence-corrected chi connectivity index (χ0v) is 21.2. The number of benzene rings is 3. The molecule has 0 fully saturated rings. The van der Waals surface area contributed by atoms with Crippen molar-refractivity contribution in [3.8, 4) is 0 Å². The van der Waals surface area contributed by atoms with Gasteiger partial charge in [0.15, 0.2) is 0 Å². The highest BCUT2D eigenvalue weighted by molar-refractivity contribution is 6.05. The van der Waals surface area contributed by atoms with Crippen LogP contribution in [0.2, 0.25) is 0 Å². The number of halogens is 1. The number of nitrogens with one attached hydrogen (secondary N) is 1. The fourth-order valence-corrected chi connectivity index (χ4v) is 4.31. The summed E-state index contributed by atoms with van der Waals surface area (Å²) in [6.07, 6.45) is 7.87. The predicted octanol–water partition coefficient (Wildman–Crippen LogP) is 7.05. The molecular formula is C29H35ClN4O. The van der Waals surface area contributed by atoms with Crippen LogP contribution in [0.5, 0.6) is 0 Å². The van der Waals surface area contributed by atoms with Gasteiger partial charge in [-0.1, -0.05) is 62.2 Å². The topological polar surface area (TPSA) is 72.9 Å². The molecular weight excluding hydrogens is 456 g/mol. The molecule has 0 aliphatic heterocycles. The number of unbranched alkanes of at least 4 members (excludes halogenated alkanes) is 3. The van der Waals surface area contributed by atoms with Crippen LogP contribution in [0.25, 0.3) is 11.0 Å². The van der Waals surface area contributed by atoms with Crippen molar-refractivity contribution in [2.45, 2.75) is 58.4 Å². The number of carbonyl (C=O) groups is 1. The molecule has 1 amide bonds. The van der Waals surface area contributed by atoms with Crippen LogP contribution in [0.3, 0.4) is 0 Å². The van der Waals surface area contributed by atoms with Crippen molar-refractivity contribution >= 4 is 41.0 Å². The smallest absolute Gasteiger partial charge is 0.255 e. The Balaban J connectivity index is 0.00000342. The summed E-state index contributed by atoms with van der Waals surface area (Å²) in [5.74, 6) is 0.393. The van der Waals surface area contributed by atoms with E-state index in [1.807, 2.05) is 48.5 Å². The van der Waals surface area contributed by atoms with Crippen molar-refractivity contribution in [3.05, 3.63) is 89.5 Å². The molecule has 0 aliphatic carbocycles. The largest absolute Gasteiger partial charge is 0.369 e. The van der Waals surface area contributed by atoms with E-state index in [4.69, 9.17) is 5.73 Å². The summed E-state index contributed by atoms with van der Waals surface area (Å²) in [5.41, 5.74) is 12.0. The van der Waals surface area contributed by atoms with Gasteiger partial charge in [-0.3, -0.25) is 4.79 Å². The molecule has 1 aromatic heterocycles. The van der Waals surface area contributed by atoms with Crippen LogP contribution >= 0.6 is 12.4 Å². The van der Waals surface area contributed by atoms with Crippen molar-refractivity contribution in [2.75, 3.05) is 11.1 Å². The number of anilines is 2. The summed E-state index contributed by atoms with van der Waals surface area (Å²) >= 11 is 0. The second-order valence-electron chi connectivity index (χ2n) is 8.88. The van der Waals surface area contributed by atoms with Crippen molar-refractivity contribution in [2.24, 2.45) is 0 Å². The Hall–Kier alpha value is -3.31. The first-order chi connectivity index (χ1) is 16.6. The second-order valence-corrected chi connectivity index (χ2v) is 8.88. The standard InChI is InChI=1S/C29H34N4O.ClH/c1-2-3-5-10-23-14-16-24(17-15-23)28(34)31-25-18-19-27-26(21-25)32-29(30)33(27)20-9-8-13-22-11-6-4-7-12-22;/h4,6-7,11-12,14-19,21H,2-3,5,8-10,13,20H2,1H3,(H2,30,32)(H,31,34);1H. The Labute approximate surface area is 214 Å². The number of amides is 1. The van der Waals surface area contributed by atoms with Gasteiger partial charge < -0.3 is 15.6 Å². The third kappa shape index (κ3) is 7.09. The van der Waals surface area contributed by atoms with Gasteiger partial charge in [0, 0.05) is 17.8 Å². The molecule has 184 valence electrons. The Morgan fingerprint density at radius 3 is 2.29 bits per heavy atom. The van der Waals surface area contributed by atoms with Crippen LogP contribution in [-0.4, -0.2) is 15.5 Å². The Morgan fingerprint density at radius 2 is 1.57 bits per heavy atom. The third-order valence-electron chi connectivity index (χ3n) is 6.26. The van der Waals surface area contributed by atoms with Gasteiger partial charge in [-0.25, -0.2) is 4.98 Å². The minimum Gasteiger partial charge on any atom is -0.369 e. The van der Waals surface area contributed by atoms with Crippen molar-refractivity contribution in [1.29, 1.82) is 0 Å². The maximum atomic E-state index is 12.7. The average molecular weight is 491 g/mol. The van der Waals surface area contributed by atoms with E-state index in [1.54, 1.807) is 0 Å². The molecule has 4 rings (SSSR count). The number of nitrogen functional groups attached to an aromatic ring is 1. The molecule has 0 aliphatic rings. The van der Waals surface area contributed by atoms with Crippen LogP contribution in [0.15, 0.2) is 72.8 Å². The molecule has 35 heavy (non-hydrogen) atoms. The zero-order valence-electron chi connectivity index (χ0n) is 20.4. The van der Waals surface area contributed by atoms with Gasteiger partial charge in [-0.05, 0) is 73.6 Å². The molecule has 0 saturated heterocycles. The fourth-order valence-electron chi connectivity index (χ4n) is 4.31. The Morgan fingerprint density at radius 1 is 0.886 bits per heavy atom. The first-order valence-electron chi connectivity index (χ1n) is 12.3. The number of nitrogens with zero attached hydrogens (tertiary/aromatic N) is 2. The SMILES string of the molecule is CCCCCc1ccc(C(=O)Nc2ccc3c(c2)nc(N)n3CCCCc2ccccc2)cc1.Cl. The van der Waals surface area contributed by atoms with Gasteiger partial charge in [-0.2, -0.15) is 0 Å². The van der Waals surface area contributed by atoms with Gasteiger partial charge in [0.05, 0.1) is 11.0 Å². The lowest BCUT2D eigenvalue weighted by molar-refractivity contribution is 0.102. The van der Waals surface area contributed by atoms with E-state index in [1.165, 1.54) is 30.4 Å². The summed E-state index contributed by atoms with van der Waals surface area (Å²) in [4.78, 5) is 17.3. The number of nitrogens with two attached hydrogens (primary N) is 1. The van der Waals surface area contributed by atoms with Gasteiger partial charge in [-0.15, -0.1) is 12.4 Å². The molecule has 1 heterocycles. The number of hydrogen-bond acceptors (Lipinski definition) is 3. The highest BCUT2D eigenvalue weighted by Gasteiger charge is 2.11. The first-order valence-corrected chi connectivity index (χ1v) is 12.3. The molecule has 0 saturated carbocycles. The number of fused-ring (bicyclic) bond motifs is 1. The predicted molar refractivity (Wildman–Crippen MR) is 148 cm³/mol. The van der Waals surface area contributed by atoms with E-state index in [0.717, 1.165) is 48.9 Å². The van der Waals surface area contributed by atoms with Gasteiger partial charge >= 0.3 is 0 Å². The molecule has 3 aromatic carbocycles. The van der Waals surface area contributed by atoms with E-state index >= 15 is 0 Å². The lowest BCUT2D eigenvalue weighted by Crippen LogP contribution is -2.11. The van der Waals surface area contributed by atoms with Crippen molar-refractivity contribution < 1.29 is 4.79 Å². The normalized spacial score (nSPS) is 10.8. The van der Waals surface area contributed by atoms with E-state index < -0.39 is 0 Å². The molecule has 5 nitrogen and oxygen atoms in total. The minimum absolute atomic E-state index is 0. The summed E-state index contributed by atoms with van der Waals surface area (Å²) in [5, 5.41) is 2.99. The number of aromatic nitrogens is 2. The molecule has 3 N–H and O–H groups in total. The molecule has 0 bridgehead atoms. The molecule has 6 heteroatoms. The van der Waals surface area contributed by atoms with Crippen LogP contribution in [-0.2, 0) is 19.4 Å². The number of aryl methyl sites for hydroxylation is 3. The Bertz CT molecular complexity index is 1220. The lowest BCUT2D eigenvalue weighted by Gasteiger charge is -2.08. The molecule has 0 atom stereocenters. The molecule has 0 radical (unpaired) electrons. The van der Waals surface area contributed by atoms with Crippen molar-refractivity contribution in [3.63, 3.8) is 0 Å². The third-order valence-corrected chi connectivity index (χ3v) is 6.26. The maximum Gasteiger partial charge on any atom is 0.255 e. The van der Waals surface area contributed by atoms with E-state index in [0.29, 0.717) is 11.5 Å². The monoisotopic (exact) mass is 490 g/mol.